The highest BCUT2D eigenvalue weighted by Crippen LogP contribution is 2.35. The van der Waals surface area contributed by atoms with Crippen LogP contribution >= 0.6 is 23.5 Å². The fourth-order valence-electron chi connectivity index (χ4n) is 2.19. The maximum Gasteiger partial charge on any atom is 0.237 e. The second kappa shape index (κ2) is 7.56. The number of hydrogen-bond donors (Lipinski definition) is 1. The lowest BCUT2D eigenvalue weighted by Crippen LogP contribution is -2.23. The Morgan fingerprint density at radius 3 is 3.00 bits per heavy atom. The quantitative estimate of drug-likeness (QED) is 0.879. The van der Waals surface area contributed by atoms with E-state index in [1.807, 2.05) is 25.1 Å². The lowest BCUT2D eigenvalue weighted by atomic mass is 10.2. The number of para-hydroxylation sites is 1. The maximum atomic E-state index is 12.4. The third kappa shape index (κ3) is 3.99. The molecule has 3 rings (SSSR count). The van der Waals surface area contributed by atoms with Gasteiger partial charge >= 0.3 is 0 Å². The van der Waals surface area contributed by atoms with Crippen LogP contribution in [0.5, 0.6) is 0 Å². The molecule has 2 aromatic rings. The van der Waals surface area contributed by atoms with E-state index in [4.69, 9.17) is 5.26 Å². The smallest absolute Gasteiger partial charge is 0.237 e. The molecule has 4 nitrogen and oxygen atoms in total. The molecule has 1 heterocycles. The molecule has 2 aromatic carbocycles. The Hall–Kier alpha value is -2.23. The van der Waals surface area contributed by atoms with Crippen molar-refractivity contribution in [3.05, 3.63) is 59.7 Å². The zero-order chi connectivity index (χ0) is 16.9. The van der Waals surface area contributed by atoms with Crippen LogP contribution in [0.25, 0.3) is 0 Å². The summed E-state index contributed by atoms with van der Waals surface area (Å²) in [6.45, 7) is 1.86. The average Bonchev–Trinajstić information content (AvgIpc) is 2.61. The number of fused-ring (bicyclic) bond motifs is 1. The summed E-state index contributed by atoms with van der Waals surface area (Å²) in [4.78, 5) is 17.0. The molecule has 1 atom stereocenters. The molecule has 0 unspecified atom stereocenters. The first-order valence-electron chi connectivity index (χ1n) is 7.43. The third-order valence-electron chi connectivity index (χ3n) is 3.46. The van der Waals surface area contributed by atoms with Crippen LogP contribution in [0.4, 0.5) is 11.4 Å². The number of carbonyl (C=O) groups excluding carboxylic acids is 1. The molecule has 0 spiro atoms. The molecular weight excluding hydrogens is 338 g/mol. The summed E-state index contributed by atoms with van der Waals surface area (Å²) in [7, 11) is 0. The van der Waals surface area contributed by atoms with Crippen LogP contribution in [0.1, 0.15) is 18.1 Å². The summed E-state index contributed by atoms with van der Waals surface area (Å²) in [5, 5.41) is 11.5. The number of rotatable bonds is 3. The van der Waals surface area contributed by atoms with E-state index in [-0.39, 0.29) is 11.2 Å². The predicted molar refractivity (Wildman–Crippen MR) is 102 cm³/mol. The minimum Gasteiger partial charge on any atom is -0.325 e. The van der Waals surface area contributed by atoms with Gasteiger partial charge in [-0.2, -0.15) is 5.26 Å². The first-order chi connectivity index (χ1) is 11.7. The van der Waals surface area contributed by atoms with Gasteiger partial charge in [0.2, 0.25) is 5.91 Å². The first-order valence-corrected chi connectivity index (χ1v) is 9.29. The van der Waals surface area contributed by atoms with Crippen molar-refractivity contribution in [1.82, 2.24) is 0 Å². The van der Waals surface area contributed by atoms with Crippen molar-refractivity contribution >= 4 is 45.2 Å². The fraction of sp³-hybridized carbons (Fsp3) is 0.167. The van der Waals surface area contributed by atoms with Gasteiger partial charge in [0.25, 0.3) is 0 Å². The highest BCUT2D eigenvalue weighted by molar-refractivity contribution is 8.39. The van der Waals surface area contributed by atoms with E-state index in [1.54, 1.807) is 36.0 Å². The molecule has 0 aliphatic carbocycles. The van der Waals surface area contributed by atoms with Crippen molar-refractivity contribution in [1.29, 1.82) is 5.26 Å². The normalized spacial score (nSPS) is 14.1. The Balaban J connectivity index is 1.65. The maximum absolute atomic E-state index is 12.4. The van der Waals surface area contributed by atoms with Gasteiger partial charge in [0.1, 0.15) is 4.38 Å². The van der Waals surface area contributed by atoms with E-state index < -0.39 is 0 Å². The van der Waals surface area contributed by atoms with E-state index >= 15 is 0 Å². The molecule has 0 radical (unpaired) electrons. The Bertz CT molecular complexity index is 842. The van der Waals surface area contributed by atoms with Gasteiger partial charge in [0.15, 0.2) is 0 Å². The Morgan fingerprint density at radius 1 is 1.33 bits per heavy atom. The lowest BCUT2D eigenvalue weighted by molar-refractivity contribution is -0.115. The van der Waals surface area contributed by atoms with Crippen molar-refractivity contribution in [3.63, 3.8) is 0 Å². The Morgan fingerprint density at radius 2 is 2.17 bits per heavy atom. The van der Waals surface area contributed by atoms with Crippen molar-refractivity contribution in [2.45, 2.75) is 17.9 Å². The minimum atomic E-state index is -0.271. The van der Waals surface area contributed by atoms with E-state index in [2.05, 4.69) is 22.4 Å². The van der Waals surface area contributed by atoms with Gasteiger partial charge in [0, 0.05) is 11.4 Å². The topological polar surface area (TPSA) is 65.2 Å². The molecular formula is C18H15N3OS2. The molecule has 0 bridgehead atoms. The van der Waals surface area contributed by atoms with Gasteiger partial charge in [-0.25, -0.2) is 4.99 Å². The number of hydrogen-bond acceptors (Lipinski definition) is 5. The molecule has 6 heteroatoms. The average molecular weight is 353 g/mol. The van der Waals surface area contributed by atoms with Crippen LogP contribution in [0.3, 0.4) is 0 Å². The van der Waals surface area contributed by atoms with Gasteiger partial charge in [-0.15, -0.1) is 0 Å². The van der Waals surface area contributed by atoms with Gasteiger partial charge in [-0.1, -0.05) is 47.8 Å². The molecule has 0 fully saturated rings. The van der Waals surface area contributed by atoms with Crippen molar-refractivity contribution in [3.8, 4) is 6.07 Å². The number of benzene rings is 2. The van der Waals surface area contributed by atoms with E-state index in [0.717, 1.165) is 15.8 Å². The molecule has 24 heavy (non-hydrogen) atoms. The van der Waals surface area contributed by atoms with Crippen LogP contribution in [0.15, 0.2) is 53.5 Å². The summed E-state index contributed by atoms with van der Waals surface area (Å²) in [6.07, 6.45) is 0. The number of amides is 1. The van der Waals surface area contributed by atoms with Crippen LogP contribution in [0.2, 0.25) is 0 Å². The zero-order valence-corrected chi connectivity index (χ0v) is 14.7. The monoisotopic (exact) mass is 353 g/mol. The molecule has 120 valence electrons. The van der Waals surface area contributed by atoms with Crippen molar-refractivity contribution in [2.75, 3.05) is 5.32 Å². The predicted octanol–water partition coefficient (Wildman–Crippen LogP) is 4.55. The standard InChI is InChI=1S/C18H15N3OS2/c1-12(17(22)20-15-7-4-5-13(9-15)10-19)24-18-21-16-8-3-2-6-14(16)11-23-18/h2-9,12H,11H2,1H3,(H,20,22)/t12-/m1/s1. The second-order valence-electron chi connectivity index (χ2n) is 5.24. The highest BCUT2D eigenvalue weighted by Gasteiger charge is 2.20. The number of anilines is 1. The van der Waals surface area contributed by atoms with Crippen LogP contribution < -0.4 is 5.32 Å². The van der Waals surface area contributed by atoms with Crippen LogP contribution in [-0.2, 0) is 10.5 Å². The molecule has 1 N–H and O–H groups in total. The van der Waals surface area contributed by atoms with E-state index in [1.165, 1.54) is 17.3 Å². The first kappa shape index (κ1) is 16.6. The SMILES string of the molecule is C[C@@H](SC1=Nc2ccccc2CS1)C(=O)Nc1cccc(C#N)c1. The van der Waals surface area contributed by atoms with Crippen molar-refractivity contribution in [2.24, 2.45) is 4.99 Å². The van der Waals surface area contributed by atoms with E-state index in [0.29, 0.717) is 11.3 Å². The van der Waals surface area contributed by atoms with Gasteiger partial charge in [-0.3, -0.25) is 4.79 Å². The molecule has 0 aromatic heterocycles. The number of carbonyl (C=O) groups is 1. The summed E-state index contributed by atoms with van der Waals surface area (Å²) in [5.41, 5.74) is 3.36. The summed E-state index contributed by atoms with van der Waals surface area (Å²) >= 11 is 3.11. The zero-order valence-electron chi connectivity index (χ0n) is 13.0. The lowest BCUT2D eigenvalue weighted by Gasteiger charge is -2.17. The summed E-state index contributed by atoms with van der Waals surface area (Å²) in [6, 6.07) is 17.0. The number of thioether (sulfide) groups is 2. The third-order valence-corrected chi connectivity index (χ3v) is 5.76. The van der Waals surface area contributed by atoms with Gasteiger partial charge < -0.3 is 5.32 Å². The van der Waals surface area contributed by atoms with E-state index in [9.17, 15) is 4.79 Å². The number of aliphatic imine (C=N–C) groups is 1. The number of nitrogens with zero attached hydrogens (tertiary/aromatic N) is 2. The second-order valence-corrected chi connectivity index (χ2v) is 7.79. The molecule has 0 saturated heterocycles. The summed E-state index contributed by atoms with van der Waals surface area (Å²) in [5.74, 6) is 0.776. The number of nitrogens with one attached hydrogen (secondary N) is 1. The highest BCUT2D eigenvalue weighted by atomic mass is 32.2. The fourth-order valence-corrected chi connectivity index (χ4v) is 4.37. The van der Waals surface area contributed by atoms with Gasteiger partial charge in [-0.05, 0) is 36.8 Å². The van der Waals surface area contributed by atoms with Gasteiger partial charge in [0.05, 0.1) is 22.6 Å². The Labute approximate surface area is 149 Å². The number of nitriles is 1. The van der Waals surface area contributed by atoms with Crippen LogP contribution in [0, 0.1) is 11.3 Å². The molecule has 1 aliphatic rings. The largest absolute Gasteiger partial charge is 0.325 e. The van der Waals surface area contributed by atoms with Crippen LogP contribution in [-0.4, -0.2) is 15.5 Å². The minimum absolute atomic E-state index is 0.0998. The summed E-state index contributed by atoms with van der Waals surface area (Å²) < 4.78 is 0.905. The molecule has 1 aliphatic heterocycles. The van der Waals surface area contributed by atoms with Crippen molar-refractivity contribution < 1.29 is 4.79 Å². The molecule has 1 amide bonds. The molecule has 0 saturated carbocycles. The Kier molecular flexibility index (Phi) is 5.24.